The van der Waals surface area contributed by atoms with Crippen molar-refractivity contribution in [2.45, 2.75) is 33.1 Å². The van der Waals surface area contributed by atoms with E-state index in [0.29, 0.717) is 0 Å². The molecule has 1 saturated heterocycles. The molecule has 1 aliphatic heterocycles. The van der Waals surface area contributed by atoms with Crippen molar-refractivity contribution in [2.75, 3.05) is 13.1 Å². The van der Waals surface area contributed by atoms with Gasteiger partial charge in [0.25, 0.3) is 0 Å². The maximum Gasteiger partial charge on any atom is 0.0167 e. The second-order valence-electron chi connectivity index (χ2n) is 2.84. The highest BCUT2D eigenvalue weighted by molar-refractivity contribution is 5.18. The zero-order valence-corrected chi connectivity index (χ0v) is 7.04. The van der Waals surface area contributed by atoms with E-state index >= 15 is 0 Å². The number of hydrogen-bond acceptors (Lipinski definition) is 1. The molecule has 1 aliphatic rings. The van der Waals surface area contributed by atoms with Crippen molar-refractivity contribution < 1.29 is 0 Å². The predicted octanol–water partition coefficient (Wildman–Crippen LogP) is 2.10. The van der Waals surface area contributed by atoms with E-state index in [9.17, 15) is 0 Å². The minimum absolute atomic E-state index is 1.15. The summed E-state index contributed by atoms with van der Waals surface area (Å²) < 4.78 is 0. The molecule has 0 aromatic carbocycles. The molecule has 58 valence electrons. The fourth-order valence-electron chi connectivity index (χ4n) is 1.62. The van der Waals surface area contributed by atoms with Gasteiger partial charge in [-0.2, -0.15) is 0 Å². The van der Waals surface area contributed by atoms with Crippen molar-refractivity contribution in [3.8, 4) is 0 Å². The van der Waals surface area contributed by atoms with E-state index < -0.39 is 0 Å². The smallest absolute Gasteiger partial charge is 0.0167 e. The monoisotopic (exact) mass is 139 g/mol. The first-order valence-electron chi connectivity index (χ1n) is 4.29. The van der Waals surface area contributed by atoms with Gasteiger partial charge in [-0.15, -0.1) is 0 Å². The average molecular weight is 139 g/mol. The van der Waals surface area contributed by atoms with Crippen LogP contribution in [0.2, 0.25) is 0 Å². The molecule has 0 saturated carbocycles. The van der Waals surface area contributed by atoms with Gasteiger partial charge in [0.2, 0.25) is 0 Å². The molecule has 0 unspecified atom stereocenters. The molecular formula is C9H17N. The van der Waals surface area contributed by atoms with Gasteiger partial charge in [-0.25, -0.2) is 0 Å². The van der Waals surface area contributed by atoms with Crippen molar-refractivity contribution in [3.05, 3.63) is 11.1 Å². The molecule has 0 amide bonds. The molecular weight excluding hydrogens is 122 g/mol. The zero-order valence-electron chi connectivity index (χ0n) is 7.04. The molecule has 1 nitrogen and oxygen atoms in total. The van der Waals surface area contributed by atoms with E-state index in [2.05, 4.69) is 19.2 Å². The van der Waals surface area contributed by atoms with Crippen LogP contribution in [0.5, 0.6) is 0 Å². The standard InChI is InChI=1S/C9H17N/c1-3-8(4-2)9-5-6-10-7-9/h10H,3-7H2,1-2H3. The summed E-state index contributed by atoms with van der Waals surface area (Å²) in [7, 11) is 0. The summed E-state index contributed by atoms with van der Waals surface area (Å²) in [4.78, 5) is 0. The van der Waals surface area contributed by atoms with Crippen LogP contribution in [-0.4, -0.2) is 13.1 Å². The van der Waals surface area contributed by atoms with Gasteiger partial charge >= 0.3 is 0 Å². The summed E-state index contributed by atoms with van der Waals surface area (Å²) in [5.41, 5.74) is 3.34. The van der Waals surface area contributed by atoms with E-state index in [1.165, 1.54) is 25.8 Å². The van der Waals surface area contributed by atoms with Gasteiger partial charge in [-0.05, 0) is 25.8 Å². The van der Waals surface area contributed by atoms with E-state index in [1.807, 2.05) is 0 Å². The molecule has 0 atom stereocenters. The Labute approximate surface area is 63.5 Å². The largest absolute Gasteiger partial charge is 0.313 e. The highest BCUT2D eigenvalue weighted by Gasteiger charge is 2.08. The van der Waals surface area contributed by atoms with Crippen LogP contribution in [0.1, 0.15) is 33.1 Å². The molecule has 1 heteroatoms. The number of allylic oxidation sites excluding steroid dienone is 1. The molecule has 1 fully saturated rings. The molecule has 1 N–H and O–H groups in total. The fourth-order valence-corrected chi connectivity index (χ4v) is 1.62. The molecule has 0 aliphatic carbocycles. The minimum atomic E-state index is 1.15. The van der Waals surface area contributed by atoms with Gasteiger partial charge in [0.1, 0.15) is 0 Å². The first-order valence-corrected chi connectivity index (χ1v) is 4.29. The maximum atomic E-state index is 3.36. The average Bonchev–Trinajstić information content (AvgIpc) is 2.43. The van der Waals surface area contributed by atoms with Crippen molar-refractivity contribution in [1.82, 2.24) is 5.32 Å². The molecule has 10 heavy (non-hydrogen) atoms. The van der Waals surface area contributed by atoms with Crippen LogP contribution in [0.3, 0.4) is 0 Å². The van der Waals surface area contributed by atoms with Gasteiger partial charge in [0.15, 0.2) is 0 Å². The van der Waals surface area contributed by atoms with Crippen LogP contribution in [-0.2, 0) is 0 Å². The molecule has 0 aromatic heterocycles. The van der Waals surface area contributed by atoms with Gasteiger partial charge < -0.3 is 5.32 Å². The van der Waals surface area contributed by atoms with Crippen LogP contribution in [0.4, 0.5) is 0 Å². The lowest BCUT2D eigenvalue weighted by molar-refractivity contribution is 0.861. The zero-order chi connectivity index (χ0) is 7.40. The summed E-state index contributed by atoms with van der Waals surface area (Å²) in [6, 6.07) is 0. The third-order valence-corrected chi connectivity index (χ3v) is 2.30. The normalized spacial score (nSPS) is 18.0. The molecule has 0 radical (unpaired) electrons. The van der Waals surface area contributed by atoms with E-state index in [4.69, 9.17) is 0 Å². The quantitative estimate of drug-likeness (QED) is 0.578. The molecule has 0 aromatic rings. The molecule has 0 spiro atoms. The van der Waals surface area contributed by atoms with Crippen LogP contribution < -0.4 is 5.32 Å². The highest BCUT2D eigenvalue weighted by Crippen LogP contribution is 2.17. The Morgan fingerprint density at radius 2 is 2.10 bits per heavy atom. The Kier molecular flexibility index (Phi) is 2.94. The first kappa shape index (κ1) is 7.80. The molecule has 1 heterocycles. The van der Waals surface area contributed by atoms with Crippen LogP contribution >= 0.6 is 0 Å². The molecule has 1 rings (SSSR count). The van der Waals surface area contributed by atoms with Gasteiger partial charge in [0.05, 0.1) is 0 Å². The Balaban J connectivity index is 2.59. The Hall–Kier alpha value is -0.300. The van der Waals surface area contributed by atoms with E-state index in [-0.39, 0.29) is 0 Å². The summed E-state index contributed by atoms with van der Waals surface area (Å²) in [5.74, 6) is 0. The van der Waals surface area contributed by atoms with E-state index in [1.54, 1.807) is 11.1 Å². The second-order valence-corrected chi connectivity index (χ2v) is 2.84. The van der Waals surface area contributed by atoms with Gasteiger partial charge in [-0.3, -0.25) is 0 Å². The van der Waals surface area contributed by atoms with Crippen molar-refractivity contribution >= 4 is 0 Å². The lowest BCUT2D eigenvalue weighted by Crippen LogP contribution is -2.05. The Morgan fingerprint density at radius 3 is 2.50 bits per heavy atom. The predicted molar refractivity (Wildman–Crippen MR) is 45.1 cm³/mol. The van der Waals surface area contributed by atoms with Crippen molar-refractivity contribution in [1.29, 1.82) is 0 Å². The van der Waals surface area contributed by atoms with Crippen LogP contribution in [0, 0.1) is 0 Å². The van der Waals surface area contributed by atoms with Crippen molar-refractivity contribution in [3.63, 3.8) is 0 Å². The third kappa shape index (κ3) is 1.60. The summed E-state index contributed by atoms with van der Waals surface area (Å²) >= 11 is 0. The lowest BCUT2D eigenvalue weighted by atomic mass is 10.0. The lowest BCUT2D eigenvalue weighted by Gasteiger charge is -2.04. The van der Waals surface area contributed by atoms with E-state index in [0.717, 1.165) is 6.54 Å². The van der Waals surface area contributed by atoms with Crippen molar-refractivity contribution in [2.24, 2.45) is 0 Å². The Bertz CT molecular complexity index is 122. The highest BCUT2D eigenvalue weighted by atomic mass is 14.9. The summed E-state index contributed by atoms with van der Waals surface area (Å²) in [6.07, 6.45) is 3.78. The topological polar surface area (TPSA) is 12.0 Å². The van der Waals surface area contributed by atoms with Gasteiger partial charge in [-0.1, -0.05) is 25.0 Å². The number of hydrogen-bond donors (Lipinski definition) is 1. The second kappa shape index (κ2) is 3.77. The number of rotatable bonds is 2. The van der Waals surface area contributed by atoms with Crippen LogP contribution in [0.25, 0.3) is 0 Å². The summed E-state index contributed by atoms with van der Waals surface area (Å²) in [6.45, 7) is 6.85. The summed E-state index contributed by atoms with van der Waals surface area (Å²) in [5, 5.41) is 3.36. The fraction of sp³-hybridized carbons (Fsp3) is 0.778. The Morgan fingerprint density at radius 1 is 1.40 bits per heavy atom. The first-order chi connectivity index (χ1) is 4.88. The number of nitrogens with one attached hydrogen (secondary N) is 1. The van der Waals surface area contributed by atoms with Gasteiger partial charge in [0, 0.05) is 6.54 Å². The maximum absolute atomic E-state index is 3.36. The third-order valence-electron chi connectivity index (χ3n) is 2.30. The minimum Gasteiger partial charge on any atom is -0.313 e. The molecule has 0 bridgehead atoms. The SMILES string of the molecule is CCC(CC)=C1CCNC1. The van der Waals surface area contributed by atoms with Crippen LogP contribution in [0.15, 0.2) is 11.1 Å².